The molecule has 0 aromatic heterocycles. The molecule has 2 aliphatic heterocycles. The van der Waals surface area contributed by atoms with Crippen LogP contribution in [0.15, 0.2) is 42.5 Å². The molecule has 0 aliphatic carbocycles. The fourth-order valence-electron chi connectivity index (χ4n) is 4.03. The Morgan fingerprint density at radius 1 is 0.963 bits per heavy atom. The minimum absolute atomic E-state index is 0.0145. The third-order valence-electron chi connectivity index (χ3n) is 6.28. The molecule has 0 spiro atoms. The highest BCUT2D eigenvalue weighted by Gasteiger charge is 2.36. The average molecular weight is 364 g/mol. The first kappa shape index (κ1) is 17.9. The van der Waals surface area contributed by atoms with Crippen LogP contribution in [0.25, 0.3) is 0 Å². The van der Waals surface area contributed by atoms with Crippen molar-refractivity contribution in [3.05, 3.63) is 59.2 Å². The summed E-state index contributed by atoms with van der Waals surface area (Å²) in [5.74, 6) is 0.0556. The van der Waals surface area contributed by atoms with Gasteiger partial charge in [0.1, 0.15) is 6.17 Å². The summed E-state index contributed by atoms with van der Waals surface area (Å²) >= 11 is 0. The molecule has 1 amide bonds. The molecular formula is C23H29N3O. The Hall–Kier alpha value is -2.49. The molecule has 0 atom stereocenters. The maximum absolute atomic E-state index is 12.0. The van der Waals surface area contributed by atoms with E-state index in [1.165, 1.54) is 16.9 Å². The van der Waals surface area contributed by atoms with Gasteiger partial charge in [-0.05, 0) is 47.6 Å². The number of hydrogen-bond acceptors (Lipinski definition) is 3. The third-order valence-corrected chi connectivity index (χ3v) is 6.28. The van der Waals surface area contributed by atoms with Gasteiger partial charge in [-0.1, -0.05) is 52.0 Å². The molecule has 0 fully saturated rings. The summed E-state index contributed by atoms with van der Waals surface area (Å²) < 4.78 is 0. The third kappa shape index (κ3) is 3.29. The maximum Gasteiger partial charge on any atom is 0.251 e. The van der Waals surface area contributed by atoms with Crippen molar-refractivity contribution in [1.29, 1.82) is 0 Å². The van der Waals surface area contributed by atoms with Gasteiger partial charge in [-0.25, -0.2) is 0 Å². The second kappa shape index (κ2) is 6.29. The molecule has 0 bridgehead atoms. The summed E-state index contributed by atoms with van der Waals surface area (Å²) in [6.45, 7) is 9.84. The van der Waals surface area contributed by atoms with E-state index in [0.717, 1.165) is 24.0 Å². The lowest BCUT2D eigenvalue weighted by molar-refractivity contribution is 0.0965. The summed E-state index contributed by atoms with van der Waals surface area (Å²) in [7, 11) is 0. The van der Waals surface area contributed by atoms with Gasteiger partial charge >= 0.3 is 0 Å². The van der Waals surface area contributed by atoms with Crippen molar-refractivity contribution in [2.24, 2.45) is 5.41 Å². The number of rotatable bonds is 5. The van der Waals surface area contributed by atoms with Crippen molar-refractivity contribution in [2.75, 3.05) is 10.6 Å². The molecule has 142 valence electrons. The quantitative estimate of drug-likeness (QED) is 0.710. The van der Waals surface area contributed by atoms with Gasteiger partial charge < -0.3 is 16.0 Å². The van der Waals surface area contributed by atoms with E-state index in [0.29, 0.717) is 6.54 Å². The van der Waals surface area contributed by atoms with Crippen LogP contribution in [0.3, 0.4) is 0 Å². The van der Waals surface area contributed by atoms with Gasteiger partial charge in [0.2, 0.25) is 0 Å². The predicted molar refractivity (Wildman–Crippen MR) is 111 cm³/mol. The number of para-hydroxylation sites is 2. The second-order valence-electron chi connectivity index (χ2n) is 9.19. The summed E-state index contributed by atoms with van der Waals surface area (Å²) in [6, 6.07) is 14.8. The van der Waals surface area contributed by atoms with Gasteiger partial charge in [0, 0.05) is 17.5 Å². The van der Waals surface area contributed by atoms with Gasteiger partial charge in [-0.3, -0.25) is 4.79 Å². The Bertz CT molecular complexity index is 860. The first-order chi connectivity index (χ1) is 12.8. The van der Waals surface area contributed by atoms with E-state index in [9.17, 15) is 4.79 Å². The molecule has 4 nitrogen and oxygen atoms in total. The van der Waals surface area contributed by atoms with E-state index in [1.54, 1.807) is 0 Å². The lowest BCUT2D eigenvalue weighted by Gasteiger charge is -2.36. The molecule has 0 saturated heterocycles. The van der Waals surface area contributed by atoms with Gasteiger partial charge in [0.15, 0.2) is 0 Å². The van der Waals surface area contributed by atoms with Gasteiger partial charge in [0.25, 0.3) is 5.91 Å². The Labute approximate surface area is 161 Å². The molecule has 2 aliphatic rings. The SMILES string of the molecule is CC(C)(CCC(C)(C)C1Nc2ccccc2N1)c1ccc2c(c1)C(=O)NC2. The zero-order valence-corrected chi connectivity index (χ0v) is 16.6. The lowest BCUT2D eigenvalue weighted by Crippen LogP contribution is -2.39. The fraction of sp³-hybridized carbons (Fsp3) is 0.435. The number of anilines is 2. The summed E-state index contributed by atoms with van der Waals surface area (Å²) in [5, 5.41) is 10.2. The van der Waals surface area contributed by atoms with Gasteiger partial charge in [-0.2, -0.15) is 0 Å². The second-order valence-corrected chi connectivity index (χ2v) is 9.19. The van der Waals surface area contributed by atoms with Gasteiger partial charge in [0.05, 0.1) is 11.4 Å². The largest absolute Gasteiger partial charge is 0.363 e. The molecule has 2 aromatic rings. The number of hydrogen-bond donors (Lipinski definition) is 3. The zero-order valence-electron chi connectivity index (χ0n) is 16.6. The summed E-state index contributed by atoms with van der Waals surface area (Å²) in [4.78, 5) is 12.0. The van der Waals surface area contributed by atoms with E-state index in [1.807, 2.05) is 0 Å². The number of carbonyl (C=O) groups excluding carboxylic acids is 1. The van der Waals surface area contributed by atoms with E-state index in [4.69, 9.17) is 0 Å². The number of nitrogens with one attached hydrogen (secondary N) is 3. The zero-order chi connectivity index (χ0) is 19.2. The minimum Gasteiger partial charge on any atom is -0.363 e. The van der Waals surface area contributed by atoms with Crippen LogP contribution >= 0.6 is 0 Å². The number of benzene rings is 2. The van der Waals surface area contributed by atoms with Crippen molar-refractivity contribution in [2.45, 2.75) is 58.7 Å². The van der Waals surface area contributed by atoms with Crippen LogP contribution in [0.4, 0.5) is 11.4 Å². The molecule has 2 aromatic carbocycles. The number of fused-ring (bicyclic) bond motifs is 2. The standard InChI is InChI=1S/C23H29N3O/c1-22(2,16-10-9-15-14-24-20(27)17(15)13-16)11-12-23(3,4)21-25-18-7-5-6-8-19(18)26-21/h5-10,13,21,25-26H,11-12,14H2,1-4H3,(H,24,27). The highest BCUT2D eigenvalue weighted by Crippen LogP contribution is 2.41. The van der Waals surface area contributed by atoms with E-state index >= 15 is 0 Å². The van der Waals surface area contributed by atoms with Crippen molar-refractivity contribution in [3.8, 4) is 0 Å². The maximum atomic E-state index is 12.0. The van der Waals surface area contributed by atoms with Crippen molar-refractivity contribution in [1.82, 2.24) is 5.32 Å². The fourth-order valence-corrected chi connectivity index (χ4v) is 4.03. The minimum atomic E-state index is 0.0145. The smallest absolute Gasteiger partial charge is 0.251 e. The van der Waals surface area contributed by atoms with Crippen LogP contribution < -0.4 is 16.0 Å². The Morgan fingerprint density at radius 3 is 2.30 bits per heavy atom. The Kier molecular flexibility index (Phi) is 4.17. The lowest BCUT2D eigenvalue weighted by atomic mass is 9.73. The molecule has 4 heteroatoms. The Balaban J connectivity index is 1.46. The van der Waals surface area contributed by atoms with Crippen molar-refractivity contribution >= 4 is 17.3 Å². The molecular weight excluding hydrogens is 334 g/mol. The van der Waals surface area contributed by atoms with E-state index in [-0.39, 0.29) is 22.9 Å². The molecule has 2 heterocycles. The molecule has 0 saturated carbocycles. The molecule has 27 heavy (non-hydrogen) atoms. The van der Waals surface area contributed by atoms with Crippen LogP contribution in [0.5, 0.6) is 0 Å². The van der Waals surface area contributed by atoms with Gasteiger partial charge in [-0.15, -0.1) is 0 Å². The topological polar surface area (TPSA) is 53.2 Å². The number of amides is 1. The van der Waals surface area contributed by atoms with Crippen molar-refractivity contribution < 1.29 is 4.79 Å². The normalized spacial score (nSPS) is 16.4. The molecule has 0 unspecified atom stereocenters. The van der Waals surface area contributed by atoms with Crippen LogP contribution in [0.2, 0.25) is 0 Å². The van der Waals surface area contributed by atoms with E-state index in [2.05, 4.69) is 86.1 Å². The first-order valence-electron chi connectivity index (χ1n) is 9.80. The highest BCUT2D eigenvalue weighted by atomic mass is 16.1. The van der Waals surface area contributed by atoms with Crippen LogP contribution in [-0.4, -0.2) is 12.1 Å². The van der Waals surface area contributed by atoms with Crippen molar-refractivity contribution in [3.63, 3.8) is 0 Å². The predicted octanol–water partition coefficient (Wildman–Crippen LogP) is 4.88. The monoisotopic (exact) mass is 363 g/mol. The van der Waals surface area contributed by atoms with Crippen LogP contribution in [0.1, 0.15) is 62.0 Å². The van der Waals surface area contributed by atoms with Crippen LogP contribution in [-0.2, 0) is 12.0 Å². The Morgan fingerprint density at radius 2 is 1.63 bits per heavy atom. The summed E-state index contributed by atoms with van der Waals surface area (Å²) in [5.41, 5.74) is 5.65. The van der Waals surface area contributed by atoms with Crippen LogP contribution in [0, 0.1) is 5.41 Å². The highest BCUT2D eigenvalue weighted by molar-refractivity contribution is 5.98. The molecule has 4 rings (SSSR count). The molecule has 3 N–H and O–H groups in total. The molecule has 0 radical (unpaired) electrons. The number of carbonyl (C=O) groups is 1. The average Bonchev–Trinajstić information content (AvgIpc) is 3.24. The summed E-state index contributed by atoms with van der Waals surface area (Å²) in [6.07, 6.45) is 2.34. The van der Waals surface area contributed by atoms with E-state index < -0.39 is 0 Å². The first-order valence-corrected chi connectivity index (χ1v) is 9.80.